The fourth-order valence-corrected chi connectivity index (χ4v) is 1.89. The van der Waals surface area contributed by atoms with Gasteiger partial charge in [-0.05, 0) is 11.8 Å². The second-order valence-electron chi connectivity index (χ2n) is 6.79. The van der Waals surface area contributed by atoms with E-state index in [9.17, 15) is 0 Å². The minimum absolute atomic E-state index is 0.0322. The van der Waals surface area contributed by atoms with E-state index in [2.05, 4.69) is 49.9 Å². The van der Waals surface area contributed by atoms with Crippen molar-refractivity contribution in [3.63, 3.8) is 0 Å². The second-order valence-corrected chi connectivity index (χ2v) is 6.79. The second kappa shape index (κ2) is 4.05. The fraction of sp³-hybridized carbons (Fsp3) is 0.714. The standard InChI is InChI=1S/C14H23N3/c1-13(2,3)12-16-8-10(9-17-12)7-15-11-6-14(11,4)5/h8-9,11,15H,6-7H2,1-5H3. The number of aromatic nitrogens is 2. The Hall–Kier alpha value is -0.960. The van der Waals surface area contributed by atoms with E-state index in [0.717, 1.165) is 12.4 Å². The van der Waals surface area contributed by atoms with Gasteiger partial charge in [-0.15, -0.1) is 0 Å². The summed E-state index contributed by atoms with van der Waals surface area (Å²) in [6.45, 7) is 11.9. The fourth-order valence-electron chi connectivity index (χ4n) is 1.89. The van der Waals surface area contributed by atoms with E-state index in [0.29, 0.717) is 11.5 Å². The van der Waals surface area contributed by atoms with Crippen LogP contribution in [0.1, 0.15) is 52.4 Å². The molecule has 0 radical (unpaired) electrons. The molecule has 0 aromatic carbocycles. The average Bonchev–Trinajstić information content (AvgIpc) is 2.83. The van der Waals surface area contributed by atoms with E-state index in [1.807, 2.05) is 12.4 Å². The summed E-state index contributed by atoms with van der Waals surface area (Å²) in [5, 5.41) is 3.54. The SMILES string of the molecule is CC(C)(C)c1ncc(CNC2CC2(C)C)cn1. The van der Waals surface area contributed by atoms with Crippen molar-refractivity contribution < 1.29 is 0 Å². The van der Waals surface area contributed by atoms with E-state index in [-0.39, 0.29) is 5.41 Å². The Bertz CT molecular complexity index is 387. The van der Waals surface area contributed by atoms with Crippen LogP contribution in [0.4, 0.5) is 0 Å². The van der Waals surface area contributed by atoms with Crippen molar-refractivity contribution >= 4 is 0 Å². The molecule has 0 saturated heterocycles. The molecule has 2 rings (SSSR count). The molecular formula is C14H23N3. The summed E-state index contributed by atoms with van der Waals surface area (Å²) in [6.07, 6.45) is 5.15. The van der Waals surface area contributed by atoms with E-state index in [1.54, 1.807) is 0 Å². The molecule has 0 bridgehead atoms. The first-order valence-electron chi connectivity index (χ1n) is 6.34. The van der Waals surface area contributed by atoms with Gasteiger partial charge in [-0.25, -0.2) is 9.97 Å². The summed E-state index contributed by atoms with van der Waals surface area (Å²) in [5.41, 5.74) is 1.68. The van der Waals surface area contributed by atoms with Gasteiger partial charge in [-0.2, -0.15) is 0 Å². The first kappa shape index (κ1) is 12.5. The first-order valence-corrected chi connectivity index (χ1v) is 6.34. The minimum Gasteiger partial charge on any atom is -0.309 e. The molecule has 1 aromatic rings. The van der Waals surface area contributed by atoms with Crippen molar-refractivity contribution in [2.45, 2.75) is 59.0 Å². The highest BCUT2D eigenvalue weighted by Crippen LogP contribution is 2.44. The van der Waals surface area contributed by atoms with Gasteiger partial charge in [-0.3, -0.25) is 0 Å². The van der Waals surface area contributed by atoms with E-state index >= 15 is 0 Å². The molecule has 0 aliphatic heterocycles. The van der Waals surface area contributed by atoms with Crippen LogP contribution in [0.3, 0.4) is 0 Å². The minimum atomic E-state index is 0.0322. The lowest BCUT2D eigenvalue weighted by atomic mass is 9.96. The molecular weight excluding hydrogens is 210 g/mol. The Balaban J connectivity index is 1.91. The third-order valence-electron chi connectivity index (χ3n) is 3.44. The van der Waals surface area contributed by atoms with Crippen LogP contribution >= 0.6 is 0 Å². The maximum atomic E-state index is 4.43. The zero-order valence-corrected chi connectivity index (χ0v) is 11.5. The molecule has 1 fully saturated rings. The lowest BCUT2D eigenvalue weighted by Crippen LogP contribution is -2.21. The largest absolute Gasteiger partial charge is 0.309 e. The molecule has 1 saturated carbocycles. The maximum absolute atomic E-state index is 4.43. The average molecular weight is 233 g/mol. The third kappa shape index (κ3) is 3.03. The van der Waals surface area contributed by atoms with Crippen molar-refractivity contribution in [1.29, 1.82) is 0 Å². The quantitative estimate of drug-likeness (QED) is 0.872. The van der Waals surface area contributed by atoms with Crippen molar-refractivity contribution in [2.24, 2.45) is 5.41 Å². The number of nitrogens with one attached hydrogen (secondary N) is 1. The Labute approximate surface area is 104 Å². The van der Waals surface area contributed by atoms with Gasteiger partial charge in [0.05, 0.1) is 0 Å². The molecule has 1 unspecified atom stereocenters. The number of hydrogen-bond donors (Lipinski definition) is 1. The predicted octanol–water partition coefficient (Wildman–Crippen LogP) is 2.66. The smallest absolute Gasteiger partial charge is 0.133 e. The van der Waals surface area contributed by atoms with Gasteiger partial charge in [0.2, 0.25) is 0 Å². The number of nitrogens with zero attached hydrogens (tertiary/aromatic N) is 2. The molecule has 1 N–H and O–H groups in total. The highest BCUT2D eigenvalue weighted by Gasteiger charge is 2.44. The van der Waals surface area contributed by atoms with E-state index in [4.69, 9.17) is 0 Å². The van der Waals surface area contributed by atoms with Crippen LogP contribution in [0.25, 0.3) is 0 Å². The van der Waals surface area contributed by atoms with Gasteiger partial charge >= 0.3 is 0 Å². The molecule has 0 spiro atoms. The third-order valence-corrected chi connectivity index (χ3v) is 3.44. The molecule has 17 heavy (non-hydrogen) atoms. The van der Waals surface area contributed by atoms with E-state index < -0.39 is 0 Å². The Morgan fingerprint density at radius 1 is 1.29 bits per heavy atom. The van der Waals surface area contributed by atoms with Crippen molar-refractivity contribution in [3.05, 3.63) is 23.8 Å². The van der Waals surface area contributed by atoms with Gasteiger partial charge in [0, 0.05) is 36.0 Å². The molecule has 1 aliphatic carbocycles. The van der Waals surface area contributed by atoms with E-state index in [1.165, 1.54) is 12.0 Å². The molecule has 3 nitrogen and oxygen atoms in total. The molecule has 1 aromatic heterocycles. The Morgan fingerprint density at radius 2 is 1.82 bits per heavy atom. The van der Waals surface area contributed by atoms with Crippen molar-refractivity contribution in [3.8, 4) is 0 Å². The summed E-state index contributed by atoms with van der Waals surface area (Å²) in [6, 6.07) is 0.657. The van der Waals surface area contributed by atoms with Gasteiger partial charge in [0.15, 0.2) is 0 Å². The Morgan fingerprint density at radius 3 is 2.24 bits per heavy atom. The summed E-state index contributed by atoms with van der Waals surface area (Å²) >= 11 is 0. The van der Waals surface area contributed by atoms with Crippen molar-refractivity contribution in [1.82, 2.24) is 15.3 Å². The number of rotatable bonds is 3. The highest BCUT2D eigenvalue weighted by molar-refractivity contribution is 5.11. The topological polar surface area (TPSA) is 37.8 Å². The van der Waals surface area contributed by atoms with Gasteiger partial charge in [-0.1, -0.05) is 34.6 Å². The van der Waals surface area contributed by atoms with Crippen LogP contribution in [-0.4, -0.2) is 16.0 Å². The van der Waals surface area contributed by atoms with Gasteiger partial charge in [0.1, 0.15) is 5.82 Å². The monoisotopic (exact) mass is 233 g/mol. The first-order chi connectivity index (χ1) is 7.79. The lowest BCUT2D eigenvalue weighted by Gasteiger charge is -2.16. The molecule has 94 valence electrons. The Kier molecular flexibility index (Phi) is 2.98. The summed E-state index contributed by atoms with van der Waals surface area (Å²) in [5.74, 6) is 0.910. The van der Waals surface area contributed by atoms with Crippen LogP contribution in [0, 0.1) is 5.41 Å². The predicted molar refractivity (Wildman–Crippen MR) is 69.8 cm³/mol. The normalized spacial score (nSPS) is 22.5. The molecule has 1 atom stereocenters. The van der Waals surface area contributed by atoms with Gasteiger partial charge in [0.25, 0.3) is 0 Å². The summed E-state index contributed by atoms with van der Waals surface area (Å²) in [4.78, 5) is 8.87. The zero-order chi connectivity index (χ0) is 12.7. The lowest BCUT2D eigenvalue weighted by molar-refractivity contribution is 0.532. The number of hydrogen-bond acceptors (Lipinski definition) is 3. The van der Waals surface area contributed by atoms with Crippen LogP contribution in [0.5, 0.6) is 0 Å². The summed E-state index contributed by atoms with van der Waals surface area (Å²) in [7, 11) is 0. The molecule has 3 heteroatoms. The van der Waals surface area contributed by atoms with Gasteiger partial charge < -0.3 is 5.32 Å². The van der Waals surface area contributed by atoms with Crippen LogP contribution in [-0.2, 0) is 12.0 Å². The molecule has 0 amide bonds. The zero-order valence-electron chi connectivity index (χ0n) is 11.5. The highest BCUT2D eigenvalue weighted by atomic mass is 15.0. The molecule has 1 heterocycles. The van der Waals surface area contributed by atoms with Crippen LogP contribution in [0.15, 0.2) is 12.4 Å². The van der Waals surface area contributed by atoms with Crippen molar-refractivity contribution in [2.75, 3.05) is 0 Å². The maximum Gasteiger partial charge on any atom is 0.133 e. The van der Waals surface area contributed by atoms with Crippen LogP contribution in [0.2, 0.25) is 0 Å². The summed E-state index contributed by atoms with van der Waals surface area (Å²) < 4.78 is 0. The molecule has 1 aliphatic rings. The van der Waals surface area contributed by atoms with Crippen LogP contribution < -0.4 is 5.32 Å².